The van der Waals surface area contributed by atoms with Crippen LogP contribution in [0.3, 0.4) is 0 Å². The molecule has 1 fully saturated rings. The number of anilines is 1. The minimum absolute atomic E-state index is 0.0152. The maximum absolute atomic E-state index is 12.6. The third kappa shape index (κ3) is 5.34. The van der Waals surface area contributed by atoms with Gasteiger partial charge in [0.05, 0.1) is 13.2 Å². The molecule has 0 bridgehead atoms. The lowest BCUT2D eigenvalue weighted by molar-refractivity contribution is -0.130. The molecule has 3 aromatic rings. The SMILES string of the molecule is CCCCOc1ccc(C(=O)NCC(=O)N2CCN(c3nc4cccnc4s3)CC2)cc1. The number of piperazine rings is 1. The van der Waals surface area contributed by atoms with Crippen LogP contribution < -0.4 is 15.0 Å². The molecule has 2 amide bonds. The molecule has 1 N–H and O–H groups in total. The Kier molecular flexibility index (Phi) is 7.16. The number of benzene rings is 1. The Hall–Kier alpha value is -3.20. The van der Waals surface area contributed by atoms with Gasteiger partial charge in [-0.15, -0.1) is 0 Å². The summed E-state index contributed by atoms with van der Waals surface area (Å²) in [6.07, 6.45) is 3.84. The molecule has 1 aliphatic heterocycles. The normalized spacial score (nSPS) is 13.9. The van der Waals surface area contributed by atoms with Crippen molar-refractivity contribution in [3.63, 3.8) is 0 Å². The van der Waals surface area contributed by atoms with E-state index in [1.165, 1.54) is 0 Å². The fraction of sp³-hybridized carbons (Fsp3) is 0.391. The van der Waals surface area contributed by atoms with Gasteiger partial charge in [-0.1, -0.05) is 24.7 Å². The van der Waals surface area contributed by atoms with E-state index in [-0.39, 0.29) is 18.4 Å². The number of thiazole rings is 1. The molecule has 3 heterocycles. The van der Waals surface area contributed by atoms with Crippen molar-refractivity contribution < 1.29 is 14.3 Å². The van der Waals surface area contributed by atoms with Crippen LogP contribution in [-0.2, 0) is 4.79 Å². The number of nitrogens with zero attached hydrogens (tertiary/aromatic N) is 4. The zero-order chi connectivity index (χ0) is 22.3. The van der Waals surface area contributed by atoms with Crippen LogP contribution >= 0.6 is 11.3 Å². The minimum Gasteiger partial charge on any atom is -0.494 e. The van der Waals surface area contributed by atoms with Crippen molar-refractivity contribution in [3.8, 4) is 5.75 Å². The number of nitrogens with one attached hydrogen (secondary N) is 1. The first-order valence-corrected chi connectivity index (χ1v) is 11.7. The number of fused-ring (bicyclic) bond motifs is 1. The zero-order valence-electron chi connectivity index (χ0n) is 18.1. The van der Waals surface area contributed by atoms with Gasteiger partial charge in [0.2, 0.25) is 5.91 Å². The van der Waals surface area contributed by atoms with E-state index in [0.717, 1.165) is 34.1 Å². The number of ether oxygens (including phenoxy) is 1. The molecule has 1 saturated heterocycles. The lowest BCUT2D eigenvalue weighted by atomic mass is 10.2. The molecular formula is C23H27N5O3S. The van der Waals surface area contributed by atoms with Gasteiger partial charge < -0.3 is 19.9 Å². The molecule has 168 valence electrons. The Balaban J connectivity index is 1.23. The molecule has 4 rings (SSSR count). The summed E-state index contributed by atoms with van der Waals surface area (Å²) in [4.78, 5) is 38.8. The van der Waals surface area contributed by atoms with Crippen molar-refractivity contribution in [1.29, 1.82) is 0 Å². The highest BCUT2D eigenvalue weighted by Gasteiger charge is 2.23. The summed E-state index contributed by atoms with van der Waals surface area (Å²) in [7, 11) is 0. The average Bonchev–Trinajstić information content (AvgIpc) is 3.27. The number of rotatable bonds is 8. The molecule has 8 nitrogen and oxygen atoms in total. The van der Waals surface area contributed by atoms with E-state index in [9.17, 15) is 9.59 Å². The number of hydrogen-bond donors (Lipinski definition) is 1. The summed E-state index contributed by atoms with van der Waals surface area (Å²) in [5.41, 5.74) is 1.41. The Labute approximate surface area is 191 Å². The molecular weight excluding hydrogens is 426 g/mol. The first kappa shape index (κ1) is 22.0. The Morgan fingerprint density at radius 2 is 1.91 bits per heavy atom. The number of aromatic nitrogens is 2. The van der Waals surface area contributed by atoms with Crippen LogP contribution in [0.1, 0.15) is 30.1 Å². The van der Waals surface area contributed by atoms with Crippen LogP contribution in [0.5, 0.6) is 5.75 Å². The average molecular weight is 454 g/mol. The van der Waals surface area contributed by atoms with Crippen LogP contribution in [0.2, 0.25) is 0 Å². The van der Waals surface area contributed by atoms with E-state index < -0.39 is 0 Å². The number of pyridine rings is 1. The highest BCUT2D eigenvalue weighted by Crippen LogP contribution is 2.27. The monoisotopic (exact) mass is 453 g/mol. The lowest BCUT2D eigenvalue weighted by Gasteiger charge is -2.34. The molecule has 0 unspecified atom stereocenters. The van der Waals surface area contributed by atoms with Gasteiger partial charge in [-0.3, -0.25) is 9.59 Å². The number of carbonyl (C=O) groups excluding carboxylic acids is 2. The number of hydrogen-bond acceptors (Lipinski definition) is 7. The summed E-state index contributed by atoms with van der Waals surface area (Å²) >= 11 is 1.57. The zero-order valence-corrected chi connectivity index (χ0v) is 18.9. The third-order valence-corrected chi connectivity index (χ3v) is 6.38. The maximum Gasteiger partial charge on any atom is 0.251 e. The quantitative estimate of drug-likeness (QED) is 0.528. The fourth-order valence-electron chi connectivity index (χ4n) is 3.45. The Morgan fingerprint density at radius 3 is 2.62 bits per heavy atom. The minimum atomic E-state index is -0.265. The van der Waals surface area contributed by atoms with Gasteiger partial charge in [0.25, 0.3) is 5.91 Å². The summed E-state index contributed by atoms with van der Waals surface area (Å²) in [6.45, 7) is 5.37. The van der Waals surface area contributed by atoms with Gasteiger partial charge in [-0.2, -0.15) is 0 Å². The van der Waals surface area contributed by atoms with Crippen LogP contribution in [0.15, 0.2) is 42.6 Å². The Morgan fingerprint density at radius 1 is 1.12 bits per heavy atom. The fourth-order valence-corrected chi connectivity index (χ4v) is 4.41. The van der Waals surface area contributed by atoms with Crippen molar-refractivity contribution in [2.24, 2.45) is 0 Å². The predicted octanol–water partition coefficient (Wildman–Crippen LogP) is 2.95. The third-order valence-electron chi connectivity index (χ3n) is 5.34. The van der Waals surface area contributed by atoms with E-state index in [2.05, 4.69) is 27.1 Å². The highest BCUT2D eigenvalue weighted by molar-refractivity contribution is 7.21. The lowest BCUT2D eigenvalue weighted by Crippen LogP contribution is -2.51. The molecule has 0 spiro atoms. The molecule has 9 heteroatoms. The number of carbonyl (C=O) groups is 2. The van der Waals surface area contributed by atoms with Crippen LogP contribution in [0.4, 0.5) is 5.13 Å². The first-order valence-electron chi connectivity index (χ1n) is 10.9. The molecule has 2 aromatic heterocycles. The highest BCUT2D eigenvalue weighted by atomic mass is 32.1. The van der Waals surface area contributed by atoms with Crippen molar-refractivity contribution >= 4 is 38.6 Å². The number of amides is 2. The van der Waals surface area contributed by atoms with Crippen molar-refractivity contribution in [2.45, 2.75) is 19.8 Å². The molecule has 0 radical (unpaired) electrons. The van der Waals surface area contributed by atoms with Gasteiger partial charge in [-0.25, -0.2) is 9.97 Å². The van der Waals surface area contributed by atoms with Crippen molar-refractivity contribution in [3.05, 3.63) is 48.2 Å². The molecule has 0 aliphatic carbocycles. The second kappa shape index (κ2) is 10.4. The van der Waals surface area contributed by atoms with E-state index in [4.69, 9.17) is 4.74 Å². The van der Waals surface area contributed by atoms with Gasteiger partial charge in [0, 0.05) is 37.9 Å². The summed E-state index contributed by atoms with van der Waals surface area (Å²) in [5.74, 6) is 0.399. The second-order valence-corrected chi connectivity index (χ2v) is 8.56. The van der Waals surface area contributed by atoms with Crippen LogP contribution in [0.25, 0.3) is 10.3 Å². The van der Waals surface area contributed by atoms with Crippen molar-refractivity contribution in [1.82, 2.24) is 20.2 Å². The molecule has 32 heavy (non-hydrogen) atoms. The summed E-state index contributed by atoms with van der Waals surface area (Å²) in [6, 6.07) is 10.8. The molecule has 1 aliphatic rings. The van der Waals surface area contributed by atoms with Gasteiger partial charge >= 0.3 is 0 Å². The van der Waals surface area contributed by atoms with E-state index in [0.29, 0.717) is 38.3 Å². The smallest absolute Gasteiger partial charge is 0.251 e. The Bertz CT molecular complexity index is 1030. The first-order chi connectivity index (χ1) is 15.6. The van der Waals surface area contributed by atoms with Gasteiger partial charge in [-0.05, 0) is 42.8 Å². The summed E-state index contributed by atoms with van der Waals surface area (Å²) in [5, 5.41) is 3.66. The molecule has 0 saturated carbocycles. The van der Waals surface area contributed by atoms with E-state index in [1.54, 1.807) is 46.7 Å². The topological polar surface area (TPSA) is 87.7 Å². The van der Waals surface area contributed by atoms with Gasteiger partial charge in [0.15, 0.2) is 5.13 Å². The van der Waals surface area contributed by atoms with E-state index >= 15 is 0 Å². The largest absolute Gasteiger partial charge is 0.494 e. The second-order valence-electron chi connectivity index (χ2n) is 7.60. The maximum atomic E-state index is 12.6. The van der Waals surface area contributed by atoms with Crippen LogP contribution in [-0.4, -0.2) is 66.0 Å². The van der Waals surface area contributed by atoms with Crippen molar-refractivity contribution in [2.75, 3.05) is 44.2 Å². The van der Waals surface area contributed by atoms with Gasteiger partial charge in [0.1, 0.15) is 16.1 Å². The van der Waals surface area contributed by atoms with Crippen LogP contribution in [0, 0.1) is 0 Å². The summed E-state index contributed by atoms with van der Waals surface area (Å²) < 4.78 is 5.61. The standard InChI is InChI=1S/C23H27N5O3S/c1-2-3-15-31-18-8-6-17(7-9-18)21(30)25-16-20(29)27-11-13-28(14-12-27)23-26-19-5-4-10-24-22(19)32-23/h4-10H,2-3,11-16H2,1H3,(H,25,30). The molecule has 0 atom stereocenters. The number of unbranched alkanes of at least 4 members (excludes halogenated alkanes) is 1. The molecule has 1 aromatic carbocycles. The predicted molar refractivity (Wildman–Crippen MR) is 125 cm³/mol. The van der Waals surface area contributed by atoms with E-state index in [1.807, 2.05) is 12.1 Å².